The molecule has 1 aromatic heterocycles. The number of nitro benzene ring substituents is 1. The Morgan fingerprint density at radius 2 is 1.90 bits per heavy atom. The van der Waals surface area contributed by atoms with Crippen LogP contribution in [0.2, 0.25) is 0 Å². The van der Waals surface area contributed by atoms with Crippen molar-refractivity contribution in [1.29, 1.82) is 0 Å². The summed E-state index contributed by atoms with van der Waals surface area (Å²) in [5.74, 6) is -0.321. The average Bonchev–Trinajstić information content (AvgIpc) is 3.15. The van der Waals surface area contributed by atoms with E-state index in [2.05, 4.69) is 20.9 Å². The highest BCUT2D eigenvalue weighted by atomic mass is 79.9. The third-order valence-electron chi connectivity index (χ3n) is 4.73. The molecule has 3 aromatic carbocycles. The van der Waals surface area contributed by atoms with E-state index in [1.165, 1.54) is 23.5 Å². The normalized spacial score (nSPS) is 10.9. The fraction of sp³-hybridized carbons (Fsp3) is 0.0909. The topological polar surface area (TPSA) is 76.3 Å². The van der Waals surface area contributed by atoms with Crippen LogP contribution < -0.4 is 4.90 Å². The van der Waals surface area contributed by atoms with E-state index in [4.69, 9.17) is 0 Å². The number of hydrogen-bond acceptors (Lipinski definition) is 5. The SMILES string of the molecule is Cc1c(C(=O)N(Cc2ccccc2)c2nc3ccc(Br)cc3s2)cccc1[N+](=O)[O-]. The molecule has 8 heteroatoms. The highest BCUT2D eigenvalue weighted by Gasteiger charge is 2.26. The molecule has 1 heterocycles. The van der Waals surface area contributed by atoms with Crippen LogP contribution in [0.15, 0.2) is 71.2 Å². The van der Waals surface area contributed by atoms with E-state index in [0.29, 0.717) is 22.8 Å². The molecule has 0 aliphatic carbocycles. The number of thiazole rings is 1. The summed E-state index contributed by atoms with van der Waals surface area (Å²) in [6.07, 6.45) is 0. The van der Waals surface area contributed by atoms with Gasteiger partial charge in [-0.25, -0.2) is 4.98 Å². The van der Waals surface area contributed by atoms with Crippen LogP contribution in [0.1, 0.15) is 21.5 Å². The molecule has 0 saturated heterocycles. The number of anilines is 1. The quantitative estimate of drug-likeness (QED) is 0.254. The lowest BCUT2D eigenvalue weighted by molar-refractivity contribution is -0.385. The van der Waals surface area contributed by atoms with Gasteiger partial charge in [0, 0.05) is 21.7 Å². The zero-order chi connectivity index (χ0) is 21.3. The Morgan fingerprint density at radius 3 is 2.63 bits per heavy atom. The Kier molecular flexibility index (Phi) is 5.61. The molecule has 150 valence electrons. The van der Waals surface area contributed by atoms with E-state index < -0.39 is 4.92 Å². The number of carbonyl (C=O) groups excluding carboxylic acids is 1. The first kappa shape index (κ1) is 20.2. The molecular formula is C22H16BrN3O3S. The molecule has 0 N–H and O–H groups in total. The predicted octanol–water partition coefficient (Wildman–Crippen LogP) is 6.12. The van der Waals surface area contributed by atoms with E-state index in [1.54, 1.807) is 17.9 Å². The number of nitrogens with zero attached hydrogens (tertiary/aromatic N) is 3. The Bertz CT molecular complexity index is 1260. The lowest BCUT2D eigenvalue weighted by Gasteiger charge is -2.21. The van der Waals surface area contributed by atoms with Gasteiger partial charge in [0.05, 0.1) is 21.7 Å². The fourth-order valence-corrected chi connectivity index (χ4v) is 4.71. The molecule has 4 rings (SSSR count). The maximum absolute atomic E-state index is 13.5. The van der Waals surface area contributed by atoms with Gasteiger partial charge in [-0.15, -0.1) is 0 Å². The van der Waals surface area contributed by atoms with Crippen molar-refractivity contribution in [2.45, 2.75) is 13.5 Å². The van der Waals surface area contributed by atoms with Crippen LogP contribution in [0, 0.1) is 17.0 Å². The van der Waals surface area contributed by atoms with Crippen molar-refractivity contribution in [2.24, 2.45) is 0 Å². The zero-order valence-corrected chi connectivity index (χ0v) is 18.3. The standard InChI is InChI=1S/C22H16BrN3O3S/c1-14-17(8-5-9-19(14)26(28)29)21(27)25(13-15-6-3-2-4-7-15)22-24-18-11-10-16(23)12-20(18)30-22/h2-12H,13H2,1H3. The third-order valence-corrected chi connectivity index (χ3v) is 6.27. The number of nitro groups is 1. The molecule has 0 aliphatic heterocycles. The molecule has 0 saturated carbocycles. The largest absolute Gasteiger partial charge is 0.279 e. The van der Waals surface area contributed by atoms with Crippen LogP contribution >= 0.6 is 27.3 Å². The second-order valence-electron chi connectivity index (χ2n) is 6.69. The van der Waals surface area contributed by atoms with Gasteiger partial charge in [-0.05, 0) is 36.8 Å². The molecule has 0 aliphatic rings. The van der Waals surface area contributed by atoms with E-state index in [1.807, 2.05) is 48.5 Å². The van der Waals surface area contributed by atoms with Crippen molar-refractivity contribution in [3.8, 4) is 0 Å². The van der Waals surface area contributed by atoms with Gasteiger partial charge in [-0.3, -0.25) is 19.8 Å². The van der Waals surface area contributed by atoms with Crippen molar-refractivity contribution >= 4 is 54.2 Å². The Hall–Kier alpha value is -3.10. The first-order valence-corrected chi connectivity index (χ1v) is 10.7. The van der Waals surface area contributed by atoms with Crippen molar-refractivity contribution < 1.29 is 9.72 Å². The first-order valence-electron chi connectivity index (χ1n) is 9.10. The van der Waals surface area contributed by atoms with Crippen LogP contribution in [0.25, 0.3) is 10.2 Å². The first-order chi connectivity index (χ1) is 14.4. The molecule has 0 spiro atoms. The van der Waals surface area contributed by atoms with Crippen LogP contribution in [-0.4, -0.2) is 15.8 Å². The van der Waals surface area contributed by atoms with Gasteiger partial charge < -0.3 is 0 Å². The van der Waals surface area contributed by atoms with E-state index in [-0.39, 0.29) is 11.6 Å². The number of rotatable bonds is 5. The predicted molar refractivity (Wildman–Crippen MR) is 122 cm³/mol. The minimum atomic E-state index is -0.469. The van der Waals surface area contributed by atoms with Crippen LogP contribution in [-0.2, 0) is 6.54 Å². The molecule has 0 unspecified atom stereocenters. The Morgan fingerprint density at radius 1 is 1.13 bits per heavy atom. The molecule has 1 amide bonds. The summed E-state index contributed by atoms with van der Waals surface area (Å²) in [6, 6.07) is 19.9. The smallest absolute Gasteiger partial charge is 0.273 e. The maximum atomic E-state index is 13.5. The second-order valence-corrected chi connectivity index (χ2v) is 8.62. The van der Waals surface area contributed by atoms with Crippen molar-refractivity contribution in [3.63, 3.8) is 0 Å². The number of halogens is 1. The van der Waals surface area contributed by atoms with Crippen LogP contribution in [0.5, 0.6) is 0 Å². The summed E-state index contributed by atoms with van der Waals surface area (Å²) in [5, 5.41) is 11.9. The van der Waals surface area contributed by atoms with Crippen molar-refractivity contribution in [2.75, 3.05) is 4.90 Å². The number of benzene rings is 3. The van der Waals surface area contributed by atoms with Crippen LogP contribution in [0.3, 0.4) is 0 Å². The van der Waals surface area contributed by atoms with Gasteiger partial charge in [0.15, 0.2) is 5.13 Å². The lowest BCUT2D eigenvalue weighted by Crippen LogP contribution is -2.31. The highest BCUT2D eigenvalue weighted by molar-refractivity contribution is 9.10. The minimum absolute atomic E-state index is 0.0752. The highest BCUT2D eigenvalue weighted by Crippen LogP contribution is 2.33. The number of fused-ring (bicyclic) bond motifs is 1. The number of carbonyl (C=O) groups is 1. The Labute approximate surface area is 185 Å². The molecule has 0 bridgehead atoms. The fourth-order valence-electron chi connectivity index (χ4n) is 3.19. The van der Waals surface area contributed by atoms with E-state index in [0.717, 1.165) is 20.3 Å². The van der Waals surface area contributed by atoms with Crippen molar-refractivity contribution in [3.05, 3.63) is 98.0 Å². The molecule has 0 fully saturated rings. The number of amides is 1. The van der Waals surface area contributed by atoms with E-state index >= 15 is 0 Å². The lowest BCUT2D eigenvalue weighted by atomic mass is 10.1. The second kappa shape index (κ2) is 8.33. The summed E-state index contributed by atoms with van der Waals surface area (Å²) >= 11 is 4.87. The summed E-state index contributed by atoms with van der Waals surface area (Å²) in [6.45, 7) is 1.91. The Balaban J connectivity index is 1.81. The maximum Gasteiger partial charge on any atom is 0.273 e. The number of aromatic nitrogens is 1. The van der Waals surface area contributed by atoms with Gasteiger partial charge >= 0.3 is 0 Å². The van der Waals surface area contributed by atoms with Crippen molar-refractivity contribution in [1.82, 2.24) is 4.98 Å². The minimum Gasteiger partial charge on any atom is -0.279 e. The monoisotopic (exact) mass is 481 g/mol. The molecular weight excluding hydrogens is 466 g/mol. The van der Waals surface area contributed by atoms with Gasteiger partial charge in [0.2, 0.25) is 0 Å². The summed E-state index contributed by atoms with van der Waals surface area (Å²) in [4.78, 5) is 30.7. The average molecular weight is 482 g/mol. The molecule has 30 heavy (non-hydrogen) atoms. The molecule has 4 aromatic rings. The third kappa shape index (κ3) is 3.96. The zero-order valence-electron chi connectivity index (χ0n) is 15.9. The summed E-state index contributed by atoms with van der Waals surface area (Å²) in [5.41, 5.74) is 2.29. The van der Waals surface area contributed by atoms with Gasteiger partial charge in [0.25, 0.3) is 11.6 Å². The van der Waals surface area contributed by atoms with Gasteiger partial charge in [-0.2, -0.15) is 0 Å². The molecule has 0 radical (unpaired) electrons. The van der Waals surface area contributed by atoms with Gasteiger partial charge in [-0.1, -0.05) is 63.7 Å². The van der Waals surface area contributed by atoms with E-state index in [9.17, 15) is 14.9 Å². The summed E-state index contributed by atoms with van der Waals surface area (Å²) < 4.78 is 1.88. The molecule has 0 atom stereocenters. The van der Waals surface area contributed by atoms with Crippen LogP contribution in [0.4, 0.5) is 10.8 Å². The van der Waals surface area contributed by atoms with Gasteiger partial charge in [0.1, 0.15) is 0 Å². The summed E-state index contributed by atoms with van der Waals surface area (Å²) in [7, 11) is 0. The number of hydrogen-bond donors (Lipinski definition) is 0. The molecule has 6 nitrogen and oxygen atoms in total.